The second-order valence-corrected chi connectivity index (χ2v) is 5.67. The van der Waals surface area contributed by atoms with Gasteiger partial charge >= 0.3 is 0 Å². The monoisotopic (exact) mass is 264 g/mol. The molecule has 0 saturated heterocycles. The van der Waals surface area contributed by atoms with Crippen LogP contribution in [0.25, 0.3) is 10.6 Å². The van der Waals surface area contributed by atoms with E-state index in [0.29, 0.717) is 5.92 Å². The zero-order chi connectivity index (χ0) is 12.7. The van der Waals surface area contributed by atoms with Gasteiger partial charge in [0, 0.05) is 24.5 Å². The SMILES string of the molecule is c1cnc2c(c1)C(Cc1ccncc1)c1ccsc1-2. The normalized spacial score (nSPS) is 16.1. The third kappa shape index (κ3) is 1.70. The molecule has 0 N–H and O–H groups in total. The van der Waals surface area contributed by atoms with Crippen LogP contribution < -0.4 is 0 Å². The quantitative estimate of drug-likeness (QED) is 0.701. The standard InChI is InChI=1S/C16H12N2S/c1-2-12-14(10-11-3-7-17-8-4-11)13-5-9-19-16(13)15(12)18-6-1/h1-9,14H,10H2. The zero-order valence-corrected chi connectivity index (χ0v) is 11.1. The summed E-state index contributed by atoms with van der Waals surface area (Å²) in [5.41, 5.74) is 5.29. The summed E-state index contributed by atoms with van der Waals surface area (Å²) in [5, 5.41) is 2.17. The first kappa shape index (κ1) is 10.9. The van der Waals surface area contributed by atoms with Gasteiger partial charge in [0.25, 0.3) is 0 Å². The van der Waals surface area contributed by atoms with Crippen LogP contribution in [0.1, 0.15) is 22.6 Å². The van der Waals surface area contributed by atoms with Gasteiger partial charge in [-0.3, -0.25) is 9.97 Å². The Morgan fingerprint density at radius 1 is 1.00 bits per heavy atom. The number of fused-ring (bicyclic) bond motifs is 3. The Morgan fingerprint density at radius 2 is 1.89 bits per heavy atom. The smallest absolute Gasteiger partial charge is 0.0842 e. The fourth-order valence-electron chi connectivity index (χ4n) is 2.82. The number of thiophene rings is 1. The van der Waals surface area contributed by atoms with Crippen LogP contribution in [0.4, 0.5) is 0 Å². The van der Waals surface area contributed by atoms with Crippen LogP contribution in [-0.2, 0) is 6.42 Å². The van der Waals surface area contributed by atoms with Gasteiger partial charge in [0.1, 0.15) is 0 Å². The van der Waals surface area contributed by atoms with Crippen LogP contribution in [-0.4, -0.2) is 9.97 Å². The Labute approximate surface area is 115 Å². The van der Waals surface area contributed by atoms with Crippen LogP contribution in [0, 0.1) is 0 Å². The fourth-order valence-corrected chi connectivity index (χ4v) is 3.80. The molecule has 3 aromatic rings. The fraction of sp³-hybridized carbons (Fsp3) is 0.125. The molecular weight excluding hydrogens is 252 g/mol. The van der Waals surface area contributed by atoms with Crippen molar-refractivity contribution in [3.63, 3.8) is 0 Å². The molecule has 0 aliphatic heterocycles. The van der Waals surface area contributed by atoms with Crippen LogP contribution >= 0.6 is 11.3 Å². The molecule has 3 heteroatoms. The van der Waals surface area contributed by atoms with E-state index in [1.165, 1.54) is 27.3 Å². The van der Waals surface area contributed by atoms with Gasteiger partial charge in [-0.25, -0.2) is 0 Å². The van der Waals surface area contributed by atoms with Crippen molar-refractivity contribution in [2.75, 3.05) is 0 Å². The van der Waals surface area contributed by atoms with E-state index in [-0.39, 0.29) is 0 Å². The lowest BCUT2D eigenvalue weighted by molar-refractivity contribution is 0.825. The Bertz CT molecular complexity index is 718. The second kappa shape index (κ2) is 4.28. The molecule has 1 aliphatic carbocycles. The van der Waals surface area contributed by atoms with E-state index in [0.717, 1.165) is 6.42 Å². The topological polar surface area (TPSA) is 25.8 Å². The number of hydrogen-bond donors (Lipinski definition) is 0. The largest absolute Gasteiger partial charge is 0.265 e. The molecule has 0 fully saturated rings. The van der Waals surface area contributed by atoms with Gasteiger partial charge in [-0.05, 0) is 52.8 Å². The molecule has 0 aromatic carbocycles. The molecule has 4 rings (SSSR count). The lowest BCUT2D eigenvalue weighted by Crippen LogP contribution is -2.01. The lowest BCUT2D eigenvalue weighted by Gasteiger charge is -2.12. The molecule has 1 unspecified atom stereocenters. The summed E-state index contributed by atoms with van der Waals surface area (Å²) >= 11 is 1.79. The van der Waals surface area contributed by atoms with Gasteiger partial charge in [0.2, 0.25) is 0 Å². The molecule has 0 saturated carbocycles. The first-order chi connectivity index (χ1) is 9.43. The molecular formula is C16H12N2S. The molecule has 19 heavy (non-hydrogen) atoms. The lowest BCUT2D eigenvalue weighted by atomic mass is 9.92. The average molecular weight is 264 g/mol. The van der Waals surface area contributed by atoms with Crippen molar-refractivity contribution in [2.24, 2.45) is 0 Å². The minimum Gasteiger partial charge on any atom is -0.265 e. The highest BCUT2D eigenvalue weighted by atomic mass is 32.1. The summed E-state index contributed by atoms with van der Waals surface area (Å²) in [5.74, 6) is 0.437. The van der Waals surface area contributed by atoms with Gasteiger partial charge in [-0.15, -0.1) is 11.3 Å². The predicted octanol–water partition coefficient (Wildman–Crippen LogP) is 3.89. The summed E-state index contributed by atoms with van der Waals surface area (Å²) in [4.78, 5) is 9.99. The van der Waals surface area contributed by atoms with Crippen LogP contribution in [0.15, 0.2) is 54.3 Å². The van der Waals surface area contributed by atoms with E-state index in [1.807, 2.05) is 24.7 Å². The van der Waals surface area contributed by atoms with Gasteiger partial charge in [-0.2, -0.15) is 0 Å². The van der Waals surface area contributed by atoms with E-state index in [4.69, 9.17) is 0 Å². The molecule has 0 amide bonds. The first-order valence-corrected chi connectivity index (χ1v) is 7.23. The van der Waals surface area contributed by atoms with Crippen molar-refractivity contribution in [3.8, 4) is 10.6 Å². The summed E-state index contributed by atoms with van der Waals surface area (Å²) in [7, 11) is 0. The summed E-state index contributed by atoms with van der Waals surface area (Å²) < 4.78 is 0. The Balaban J connectivity index is 1.81. The van der Waals surface area contributed by atoms with E-state index >= 15 is 0 Å². The molecule has 1 atom stereocenters. The second-order valence-electron chi connectivity index (χ2n) is 4.76. The molecule has 0 bridgehead atoms. The van der Waals surface area contributed by atoms with E-state index in [1.54, 1.807) is 11.3 Å². The van der Waals surface area contributed by atoms with Crippen molar-refractivity contribution in [1.29, 1.82) is 0 Å². The molecule has 2 nitrogen and oxygen atoms in total. The minimum absolute atomic E-state index is 0.437. The first-order valence-electron chi connectivity index (χ1n) is 6.35. The Morgan fingerprint density at radius 3 is 2.79 bits per heavy atom. The predicted molar refractivity (Wildman–Crippen MR) is 77.3 cm³/mol. The van der Waals surface area contributed by atoms with Crippen molar-refractivity contribution in [3.05, 3.63) is 71.0 Å². The van der Waals surface area contributed by atoms with Gasteiger partial charge in [0.15, 0.2) is 0 Å². The maximum absolute atomic E-state index is 4.56. The number of aromatic nitrogens is 2. The van der Waals surface area contributed by atoms with E-state index in [9.17, 15) is 0 Å². The van der Waals surface area contributed by atoms with E-state index < -0.39 is 0 Å². The number of nitrogens with zero attached hydrogens (tertiary/aromatic N) is 2. The highest BCUT2D eigenvalue weighted by Gasteiger charge is 2.30. The highest BCUT2D eigenvalue weighted by Crippen LogP contribution is 2.47. The van der Waals surface area contributed by atoms with Gasteiger partial charge in [0.05, 0.1) is 10.6 Å². The van der Waals surface area contributed by atoms with Crippen LogP contribution in [0.2, 0.25) is 0 Å². The van der Waals surface area contributed by atoms with Crippen molar-refractivity contribution in [2.45, 2.75) is 12.3 Å². The summed E-state index contributed by atoms with van der Waals surface area (Å²) in [6.45, 7) is 0. The average Bonchev–Trinajstić information content (AvgIpc) is 3.04. The van der Waals surface area contributed by atoms with Gasteiger partial charge in [-0.1, -0.05) is 6.07 Å². The van der Waals surface area contributed by atoms with Crippen molar-refractivity contribution >= 4 is 11.3 Å². The van der Waals surface area contributed by atoms with E-state index in [2.05, 4.69) is 39.6 Å². The summed E-state index contributed by atoms with van der Waals surface area (Å²) in [6.07, 6.45) is 6.63. The highest BCUT2D eigenvalue weighted by molar-refractivity contribution is 7.13. The molecule has 92 valence electrons. The van der Waals surface area contributed by atoms with Crippen molar-refractivity contribution < 1.29 is 0 Å². The Kier molecular flexibility index (Phi) is 2.45. The molecule has 3 aromatic heterocycles. The minimum atomic E-state index is 0.437. The van der Waals surface area contributed by atoms with Gasteiger partial charge < -0.3 is 0 Å². The molecule has 3 heterocycles. The van der Waals surface area contributed by atoms with Crippen LogP contribution in [0.3, 0.4) is 0 Å². The molecule has 0 radical (unpaired) electrons. The van der Waals surface area contributed by atoms with Crippen molar-refractivity contribution in [1.82, 2.24) is 9.97 Å². The number of hydrogen-bond acceptors (Lipinski definition) is 3. The molecule has 0 spiro atoms. The maximum atomic E-state index is 4.56. The number of pyridine rings is 2. The maximum Gasteiger partial charge on any atom is 0.0842 e. The number of rotatable bonds is 2. The third-order valence-corrected chi connectivity index (χ3v) is 4.63. The zero-order valence-electron chi connectivity index (χ0n) is 10.3. The van der Waals surface area contributed by atoms with Crippen LogP contribution in [0.5, 0.6) is 0 Å². The molecule has 1 aliphatic rings. The third-order valence-electron chi connectivity index (χ3n) is 3.69. The summed E-state index contributed by atoms with van der Waals surface area (Å²) in [6, 6.07) is 10.7. The Hall–Kier alpha value is -2.00.